The zero-order chi connectivity index (χ0) is 9.68. The van der Waals surface area contributed by atoms with Gasteiger partial charge in [-0.1, -0.05) is 0 Å². The SMILES string of the molecule is CC(C)OC(C)CC1CCNCC1. The Hall–Kier alpha value is -0.0800. The Morgan fingerprint density at radius 3 is 2.38 bits per heavy atom. The van der Waals surface area contributed by atoms with E-state index < -0.39 is 0 Å². The van der Waals surface area contributed by atoms with Crippen molar-refractivity contribution in [3.63, 3.8) is 0 Å². The zero-order valence-electron chi connectivity index (χ0n) is 9.18. The van der Waals surface area contributed by atoms with E-state index in [4.69, 9.17) is 4.74 Å². The Bertz CT molecular complexity index is 130. The molecule has 1 N–H and O–H groups in total. The molecule has 1 saturated heterocycles. The van der Waals surface area contributed by atoms with E-state index in [1.165, 1.54) is 32.4 Å². The average Bonchev–Trinajstić information content (AvgIpc) is 2.04. The molecule has 2 heteroatoms. The average molecular weight is 185 g/mol. The predicted octanol–water partition coefficient (Wildman–Crippen LogP) is 2.19. The predicted molar refractivity (Wildman–Crippen MR) is 55.9 cm³/mol. The van der Waals surface area contributed by atoms with Crippen LogP contribution in [0, 0.1) is 5.92 Å². The van der Waals surface area contributed by atoms with E-state index >= 15 is 0 Å². The lowest BCUT2D eigenvalue weighted by molar-refractivity contribution is 0.00314. The number of hydrogen-bond acceptors (Lipinski definition) is 2. The molecule has 0 spiro atoms. The summed E-state index contributed by atoms with van der Waals surface area (Å²) in [5, 5.41) is 3.39. The highest BCUT2D eigenvalue weighted by Gasteiger charge is 2.16. The molecule has 2 nitrogen and oxygen atoms in total. The lowest BCUT2D eigenvalue weighted by Crippen LogP contribution is -2.30. The molecule has 0 saturated carbocycles. The molecule has 1 atom stereocenters. The van der Waals surface area contributed by atoms with Crippen molar-refractivity contribution in [2.45, 2.75) is 52.2 Å². The van der Waals surface area contributed by atoms with Gasteiger partial charge in [0.2, 0.25) is 0 Å². The van der Waals surface area contributed by atoms with E-state index in [1.807, 2.05) is 0 Å². The second-order valence-corrected chi connectivity index (χ2v) is 4.42. The molecule has 0 radical (unpaired) electrons. The number of rotatable bonds is 4. The molecular weight excluding hydrogens is 162 g/mol. The summed E-state index contributed by atoms with van der Waals surface area (Å²) in [4.78, 5) is 0. The van der Waals surface area contributed by atoms with Gasteiger partial charge in [0.05, 0.1) is 12.2 Å². The van der Waals surface area contributed by atoms with Crippen molar-refractivity contribution < 1.29 is 4.74 Å². The lowest BCUT2D eigenvalue weighted by Gasteiger charge is -2.26. The van der Waals surface area contributed by atoms with E-state index in [0.717, 1.165) is 5.92 Å². The van der Waals surface area contributed by atoms with Crippen LogP contribution in [0.5, 0.6) is 0 Å². The number of ether oxygens (including phenoxy) is 1. The highest BCUT2D eigenvalue weighted by Crippen LogP contribution is 2.19. The number of nitrogens with one attached hydrogen (secondary N) is 1. The van der Waals surface area contributed by atoms with Crippen LogP contribution in [0.25, 0.3) is 0 Å². The first-order chi connectivity index (χ1) is 6.18. The summed E-state index contributed by atoms with van der Waals surface area (Å²) < 4.78 is 5.73. The first-order valence-electron chi connectivity index (χ1n) is 5.54. The van der Waals surface area contributed by atoms with Gasteiger partial charge in [-0.3, -0.25) is 0 Å². The monoisotopic (exact) mass is 185 g/mol. The summed E-state index contributed by atoms with van der Waals surface area (Å²) in [5.41, 5.74) is 0. The van der Waals surface area contributed by atoms with Crippen molar-refractivity contribution >= 4 is 0 Å². The van der Waals surface area contributed by atoms with E-state index in [9.17, 15) is 0 Å². The van der Waals surface area contributed by atoms with Crippen LogP contribution in [-0.2, 0) is 4.74 Å². The van der Waals surface area contributed by atoms with Crippen LogP contribution < -0.4 is 5.32 Å². The summed E-state index contributed by atoms with van der Waals surface area (Å²) in [6.45, 7) is 8.80. The maximum Gasteiger partial charge on any atom is 0.0553 e. The maximum absolute atomic E-state index is 5.73. The van der Waals surface area contributed by atoms with Gasteiger partial charge in [-0.15, -0.1) is 0 Å². The minimum atomic E-state index is 0.372. The Labute approximate surface area is 82.0 Å². The van der Waals surface area contributed by atoms with Gasteiger partial charge in [0.15, 0.2) is 0 Å². The molecule has 13 heavy (non-hydrogen) atoms. The van der Waals surface area contributed by atoms with Crippen molar-refractivity contribution in [2.75, 3.05) is 13.1 Å². The van der Waals surface area contributed by atoms with Crippen LogP contribution in [-0.4, -0.2) is 25.3 Å². The summed E-state index contributed by atoms with van der Waals surface area (Å²) >= 11 is 0. The molecule has 1 aliphatic rings. The van der Waals surface area contributed by atoms with Gasteiger partial charge in [-0.2, -0.15) is 0 Å². The van der Waals surface area contributed by atoms with Crippen LogP contribution in [0.3, 0.4) is 0 Å². The number of hydrogen-bond donors (Lipinski definition) is 1. The number of piperidine rings is 1. The van der Waals surface area contributed by atoms with E-state index in [1.54, 1.807) is 0 Å². The molecule has 78 valence electrons. The fourth-order valence-electron chi connectivity index (χ4n) is 2.11. The Morgan fingerprint density at radius 1 is 1.23 bits per heavy atom. The molecule has 1 unspecified atom stereocenters. The van der Waals surface area contributed by atoms with Gasteiger partial charge in [-0.25, -0.2) is 0 Å². The topological polar surface area (TPSA) is 21.3 Å². The fraction of sp³-hybridized carbons (Fsp3) is 1.00. The quantitative estimate of drug-likeness (QED) is 0.725. The van der Waals surface area contributed by atoms with Gasteiger partial charge in [0.25, 0.3) is 0 Å². The molecule has 1 aliphatic heterocycles. The third-order valence-corrected chi connectivity index (χ3v) is 2.63. The van der Waals surface area contributed by atoms with Crippen molar-refractivity contribution in [2.24, 2.45) is 5.92 Å². The van der Waals surface area contributed by atoms with Gasteiger partial charge >= 0.3 is 0 Å². The molecule has 1 fully saturated rings. The Morgan fingerprint density at radius 2 is 1.85 bits per heavy atom. The molecule has 1 heterocycles. The van der Waals surface area contributed by atoms with E-state index in [-0.39, 0.29) is 0 Å². The zero-order valence-corrected chi connectivity index (χ0v) is 9.18. The van der Waals surface area contributed by atoms with Crippen LogP contribution >= 0.6 is 0 Å². The third-order valence-electron chi connectivity index (χ3n) is 2.63. The minimum Gasteiger partial charge on any atom is -0.376 e. The van der Waals surface area contributed by atoms with E-state index in [2.05, 4.69) is 26.1 Å². The highest BCUT2D eigenvalue weighted by molar-refractivity contribution is 4.71. The standard InChI is InChI=1S/C11H23NO/c1-9(2)13-10(3)8-11-4-6-12-7-5-11/h9-12H,4-8H2,1-3H3. The van der Waals surface area contributed by atoms with Crippen molar-refractivity contribution in [1.82, 2.24) is 5.32 Å². The first-order valence-corrected chi connectivity index (χ1v) is 5.54. The fourth-order valence-corrected chi connectivity index (χ4v) is 2.11. The van der Waals surface area contributed by atoms with Crippen LogP contribution in [0.4, 0.5) is 0 Å². The van der Waals surface area contributed by atoms with Gasteiger partial charge < -0.3 is 10.1 Å². The summed E-state index contributed by atoms with van der Waals surface area (Å²) in [5.74, 6) is 0.884. The normalized spacial score (nSPS) is 22.2. The largest absolute Gasteiger partial charge is 0.376 e. The second kappa shape index (κ2) is 5.61. The Kier molecular flexibility index (Phi) is 4.74. The smallest absolute Gasteiger partial charge is 0.0553 e. The molecule has 0 aromatic carbocycles. The molecule has 0 amide bonds. The first kappa shape index (κ1) is 11.0. The molecule has 0 aromatic rings. The molecule has 0 aliphatic carbocycles. The molecular formula is C11H23NO. The molecule has 0 aromatic heterocycles. The van der Waals surface area contributed by atoms with E-state index in [0.29, 0.717) is 12.2 Å². The summed E-state index contributed by atoms with van der Waals surface area (Å²) in [6.07, 6.45) is 4.69. The molecule has 1 rings (SSSR count). The van der Waals surface area contributed by atoms with Crippen LogP contribution in [0.15, 0.2) is 0 Å². The van der Waals surface area contributed by atoms with Crippen LogP contribution in [0.2, 0.25) is 0 Å². The van der Waals surface area contributed by atoms with Crippen molar-refractivity contribution in [3.8, 4) is 0 Å². The maximum atomic E-state index is 5.73. The minimum absolute atomic E-state index is 0.372. The van der Waals surface area contributed by atoms with Crippen LogP contribution in [0.1, 0.15) is 40.0 Å². The summed E-state index contributed by atoms with van der Waals surface area (Å²) in [7, 11) is 0. The highest BCUT2D eigenvalue weighted by atomic mass is 16.5. The Balaban J connectivity index is 2.14. The summed E-state index contributed by atoms with van der Waals surface area (Å²) in [6, 6.07) is 0. The van der Waals surface area contributed by atoms with Gasteiger partial charge in [0, 0.05) is 0 Å². The van der Waals surface area contributed by atoms with Crippen molar-refractivity contribution in [1.29, 1.82) is 0 Å². The second-order valence-electron chi connectivity index (χ2n) is 4.42. The van der Waals surface area contributed by atoms with Gasteiger partial charge in [-0.05, 0) is 59.0 Å². The molecule has 0 bridgehead atoms. The lowest BCUT2D eigenvalue weighted by atomic mass is 9.92. The third kappa shape index (κ3) is 4.63. The van der Waals surface area contributed by atoms with Crippen molar-refractivity contribution in [3.05, 3.63) is 0 Å². The van der Waals surface area contributed by atoms with Gasteiger partial charge in [0.1, 0.15) is 0 Å².